The van der Waals surface area contributed by atoms with Crippen molar-refractivity contribution in [2.24, 2.45) is 0 Å². The minimum absolute atomic E-state index is 0.200. The topological polar surface area (TPSA) is 49.8 Å². The highest BCUT2D eigenvalue weighted by atomic mass is 15.1. The van der Waals surface area contributed by atoms with E-state index in [1.54, 1.807) is 0 Å². The van der Waals surface area contributed by atoms with E-state index in [1.807, 2.05) is 13.1 Å². The molecule has 1 unspecified atom stereocenters. The lowest BCUT2D eigenvalue weighted by Crippen LogP contribution is -2.12. The lowest BCUT2D eigenvalue weighted by atomic mass is 10.0. The molecule has 0 fully saturated rings. The quantitative estimate of drug-likeness (QED) is 0.867. The highest BCUT2D eigenvalue weighted by Gasteiger charge is 2.11. The first-order chi connectivity index (χ1) is 10.0. The Hall–Kier alpha value is -2.10. The molecular weight excluding hydrogens is 260 g/mol. The molecule has 1 aromatic heterocycles. The molecule has 21 heavy (non-hydrogen) atoms. The van der Waals surface area contributed by atoms with Crippen LogP contribution in [0.3, 0.4) is 0 Å². The number of hydrogen-bond donors (Lipinski definition) is 2. The highest BCUT2D eigenvalue weighted by molar-refractivity contribution is 5.49. The molecule has 0 aliphatic carbocycles. The average Bonchev–Trinajstić information content (AvgIpc) is 2.47. The van der Waals surface area contributed by atoms with E-state index in [-0.39, 0.29) is 6.04 Å². The van der Waals surface area contributed by atoms with E-state index < -0.39 is 0 Å². The minimum Gasteiger partial charge on any atom is -0.373 e. The van der Waals surface area contributed by atoms with E-state index in [1.165, 1.54) is 11.1 Å². The lowest BCUT2D eigenvalue weighted by molar-refractivity contribution is 0.769. The van der Waals surface area contributed by atoms with E-state index >= 15 is 0 Å². The van der Waals surface area contributed by atoms with Crippen LogP contribution in [0.15, 0.2) is 30.3 Å². The van der Waals surface area contributed by atoms with Gasteiger partial charge in [-0.25, -0.2) is 9.97 Å². The second-order valence-corrected chi connectivity index (χ2v) is 5.62. The third-order valence-corrected chi connectivity index (χ3v) is 3.54. The summed E-state index contributed by atoms with van der Waals surface area (Å²) in [6.07, 6.45) is 0. The standard InChI is InChI=1S/C17H24N4/c1-11(2)17-20-15(18-5)10-16(21-17)19-13(4)14-9-7-6-8-12(14)3/h6-11,13H,1-5H3,(H2,18,19,20,21). The molecule has 0 aliphatic rings. The van der Waals surface area contributed by atoms with E-state index in [0.29, 0.717) is 5.92 Å². The van der Waals surface area contributed by atoms with Gasteiger partial charge in [0.05, 0.1) is 6.04 Å². The van der Waals surface area contributed by atoms with Gasteiger partial charge < -0.3 is 10.6 Å². The summed E-state index contributed by atoms with van der Waals surface area (Å²) in [5.74, 6) is 2.84. The Labute approximate surface area is 127 Å². The molecule has 1 atom stereocenters. The van der Waals surface area contributed by atoms with Gasteiger partial charge in [0, 0.05) is 19.0 Å². The zero-order chi connectivity index (χ0) is 15.4. The first-order valence-electron chi connectivity index (χ1n) is 7.40. The normalized spacial score (nSPS) is 12.3. The maximum absolute atomic E-state index is 4.61. The zero-order valence-electron chi connectivity index (χ0n) is 13.4. The van der Waals surface area contributed by atoms with Crippen LogP contribution in [0.1, 0.15) is 49.7 Å². The van der Waals surface area contributed by atoms with Crippen molar-refractivity contribution < 1.29 is 0 Å². The van der Waals surface area contributed by atoms with Crippen molar-refractivity contribution in [3.63, 3.8) is 0 Å². The Balaban J connectivity index is 2.26. The van der Waals surface area contributed by atoms with E-state index in [0.717, 1.165) is 17.5 Å². The smallest absolute Gasteiger partial charge is 0.135 e. The number of aryl methyl sites for hydroxylation is 1. The third kappa shape index (κ3) is 3.72. The van der Waals surface area contributed by atoms with Crippen LogP contribution in [-0.2, 0) is 0 Å². The molecule has 112 valence electrons. The molecule has 0 aliphatic heterocycles. The van der Waals surface area contributed by atoms with Gasteiger partial charge in [-0.05, 0) is 25.0 Å². The van der Waals surface area contributed by atoms with Gasteiger partial charge >= 0.3 is 0 Å². The predicted molar refractivity (Wildman–Crippen MR) is 88.9 cm³/mol. The molecule has 4 nitrogen and oxygen atoms in total. The lowest BCUT2D eigenvalue weighted by Gasteiger charge is -2.18. The van der Waals surface area contributed by atoms with Crippen LogP contribution in [0.5, 0.6) is 0 Å². The summed E-state index contributed by atoms with van der Waals surface area (Å²) in [4.78, 5) is 9.10. The Morgan fingerprint density at radius 2 is 1.67 bits per heavy atom. The molecule has 2 rings (SSSR count). The first kappa shape index (κ1) is 15.3. The second kappa shape index (κ2) is 6.57. The number of anilines is 2. The fourth-order valence-electron chi connectivity index (χ4n) is 2.30. The van der Waals surface area contributed by atoms with Crippen molar-refractivity contribution in [2.45, 2.75) is 39.7 Å². The van der Waals surface area contributed by atoms with E-state index in [9.17, 15) is 0 Å². The number of rotatable bonds is 5. The molecule has 2 aromatic rings. The molecular formula is C17H24N4. The number of hydrogen-bond acceptors (Lipinski definition) is 4. The Morgan fingerprint density at radius 3 is 2.29 bits per heavy atom. The molecule has 0 saturated heterocycles. The Morgan fingerprint density at radius 1 is 1.00 bits per heavy atom. The molecule has 1 aromatic carbocycles. The van der Waals surface area contributed by atoms with Crippen molar-refractivity contribution in [1.82, 2.24) is 9.97 Å². The second-order valence-electron chi connectivity index (χ2n) is 5.62. The van der Waals surface area contributed by atoms with Crippen molar-refractivity contribution in [1.29, 1.82) is 0 Å². The summed E-state index contributed by atoms with van der Waals surface area (Å²) in [5.41, 5.74) is 2.57. The van der Waals surface area contributed by atoms with Crippen LogP contribution in [0, 0.1) is 6.92 Å². The van der Waals surface area contributed by atoms with E-state index in [2.05, 4.69) is 72.6 Å². The number of benzene rings is 1. The molecule has 2 N–H and O–H groups in total. The molecule has 1 heterocycles. The summed E-state index contributed by atoms with van der Waals surface area (Å²) in [6, 6.07) is 10.6. The largest absolute Gasteiger partial charge is 0.373 e. The van der Waals surface area contributed by atoms with Crippen LogP contribution in [-0.4, -0.2) is 17.0 Å². The molecule has 0 bridgehead atoms. The maximum Gasteiger partial charge on any atom is 0.135 e. The highest BCUT2D eigenvalue weighted by Crippen LogP contribution is 2.23. The SMILES string of the molecule is CNc1cc(NC(C)c2ccccc2C)nc(C(C)C)n1. The fourth-order valence-corrected chi connectivity index (χ4v) is 2.30. The van der Waals surface area contributed by atoms with E-state index in [4.69, 9.17) is 0 Å². The predicted octanol–water partition coefficient (Wildman–Crippen LogP) is 4.12. The van der Waals surface area contributed by atoms with Crippen LogP contribution < -0.4 is 10.6 Å². The molecule has 4 heteroatoms. The third-order valence-electron chi connectivity index (χ3n) is 3.54. The number of aromatic nitrogens is 2. The van der Waals surface area contributed by atoms with Crippen LogP contribution in [0.4, 0.5) is 11.6 Å². The Bertz CT molecular complexity index is 607. The van der Waals surface area contributed by atoms with Gasteiger partial charge in [-0.15, -0.1) is 0 Å². The number of nitrogens with one attached hydrogen (secondary N) is 2. The van der Waals surface area contributed by atoms with Gasteiger partial charge in [0.25, 0.3) is 0 Å². The summed E-state index contributed by atoms with van der Waals surface area (Å²) in [6.45, 7) is 8.48. The monoisotopic (exact) mass is 284 g/mol. The Kier molecular flexibility index (Phi) is 4.78. The molecule has 0 spiro atoms. The van der Waals surface area contributed by atoms with Crippen LogP contribution >= 0.6 is 0 Å². The fraction of sp³-hybridized carbons (Fsp3) is 0.412. The maximum atomic E-state index is 4.61. The van der Waals surface area contributed by atoms with Gasteiger partial charge in [0.15, 0.2) is 0 Å². The summed E-state index contributed by atoms with van der Waals surface area (Å²) in [7, 11) is 1.88. The van der Waals surface area contributed by atoms with Gasteiger partial charge in [0.2, 0.25) is 0 Å². The molecule has 0 amide bonds. The molecule has 0 saturated carbocycles. The summed E-state index contributed by atoms with van der Waals surface area (Å²) < 4.78 is 0. The van der Waals surface area contributed by atoms with Gasteiger partial charge in [0.1, 0.15) is 17.5 Å². The van der Waals surface area contributed by atoms with Crippen molar-refractivity contribution >= 4 is 11.6 Å². The summed E-state index contributed by atoms with van der Waals surface area (Å²) >= 11 is 0. The van der Waals surface area contributed by atoms with Crippen LogP contribution in [0.2, 0.25) is 0 Å². The minimum atomic E-state index is 0.200. The van der Waals surface area contributed by atoms with Gasteiger partial charge in [-0.3, -0.25) is 0 Å². The molecule has 0 radical (unpaired) electrons. The van der Waals surface area contributed by atoms with Crippen molar-refractivity contribution in [2.75, 3.05) is 17.7 Å². The van der Waals surface area contributed by atoms with Gasteiger partial charge in [-0.1, -0.05) is 38.1 Å². The van der Waals surface area contributed by atoms with Gasteiger partial charge in [-0.2, -0.15) is 0 Å². The number of nitrogens with zero attached hydrogens (tertiary/aromatic N) is 2. The van der Waals surface area contributed by atoms with Crippen LogP contribution in [0.25, 0.3) is 0 Å². The van der Waals surface area contributed by atoms with Crippen molar-refractivity contribution in [3.05, 3.63) is 47.3 Å². The zero-order valence-corrected chi connectivity index (χ0v) is 13.4. The average molecular weight is 284 g/mol. The first-order valence-corrected chi connectivity index (χ1v) is 7.40. The summed E-state index contributed by atoms with van der Waals surface area (Å²) in [5, 5.41) is 6.57. The van der Waals surface area contributed by atoms with Crippen molar-refractivity contribution in [3.8, 4) is 0 Å².